The van der Waals surface area contributed by atoms with Crippen molar-refractivity contribution in [3.05, 3.63) is 89.7 Å². The average Bonchev–Trinajstić information content (AvgIpc) is 2.82. The van der Waals surface area contributed by atoms with Gasteiger partial charge in [0, 0.05) is 0 Å². The molecule has 3 aromatic carbocycles. The van der Waals surface area contributed by atoms with Crippen LogP contribution in [0.25, 0.3) is 0 Å². The molecule has 0 bridgehead atoms. The first-order valence-electron chi connectivity index (χ1n) is 10.5. The van der Waals surface area contributed by atoms with E-state index >= 15 is 0 Å². The number of carbonyl (C=O) groups excluding carboxylic acids is 1. The van der Waals surface area contributed by atoms with E-state index in [1.807, 2.05) is 38.1 Å². The van der Waals surface area contributed by atoms with Gasteiger partial charge in [0.2, 0.25) is 5.91 Å². The van der Waals surface area contributed by atoms with Gasteiger partial charge in [0.05, 0.1) is 23.7 Å². The summed E-state index contributed by atoms with van der Waals surface area (Å²) in [5.74, 6) is -0.293. The van der Waals surface area contributed by atoms with E-state index in [4.69, 9.17) is 4.74 Å². The highest BCUT2D eigenvalue weighted by Gasteiger charge is 2.28. The number of hydrogen-bond acceptors (Lipinski definition) is 4. The maximum Gasteiger partial charge on any atom is 0.264 e. The highest BCUT2D eigenvalue weighted by atomic mass is 32.2. The first-order valence-corrected chi connectivity index (χ1v) is 12.0. The Bertz CT molecular complexity index is 1180. The van der Waals surface area contributed by atoms with Crippen LogP contribution in [0, 0.1) is 12.7 Å². The van der Waals surface area contributed by atoms with Crippen molar-refractivity contribution in [2.75, 3.05) is 18.0 Å². The number of halogens is 1. The Morgan fingerprint density at radius 1 is 1.00 bits per heavy atom. The number of benzene rings is 3. The Kier molecular flexibility index (Phi) is 7.71. The lowest BCUT2D eigenvalue weighted by Gasteiger charge is -2.26. The van der Waals surface area contributed by atoms with Crippen LogP contribution in [0.5, 0.6) is 5.75 Å². The van der Waals surface area contributed by atoms with E-state index in [1.165, 1.54) is 12.1 Å². The normalized spacial score (nSPS) is 12.1. The molecule has 1 unspecified atom stereocenters. The second-order valence-corrected chi connectivity index (χ2v) is 9.46. The van der Waals surface area contributed by atoms with Crippen LogP contribution in [-0.4, -0.2) is 28.0 Å². The molecular formula is C25H27FN2O4S. The molecule has 0 fully saturated rings. The van der Waals surface area contributed by atoms with Gasteiger partial charge in [-0.15, -0.1) is 0 Å². The number of sulfonamides is 1. The summed E-state index contributed by atoms with van der Waals surface area (Å²) >= 11 is 0. The number of anilines is 1. The molecule has 0 spiro atoms. The van der Waals surface area contributed by atoms with Crippen molar-refractivity contribution >= 4 is 21.6 Å². The molecule has 0 aliphatic heterocycles. The smallest absolute Gasteiger partial charge is 0.264 e. The number of hydrogen-bond donors (Lipinski definition) is 1. The van der Waals surface area contributed by atoms with E-state index in [1.54, 1.807) is 31.4 Å². The minimum Gasteiger partial charge on any atom is -0.497 e. The van der Waals surface area contributed by atoms with Crippen molar-refractivity contribution in [2.24, 2.45) is 0 Å². The number of amides is 1. The molecule has 0 saturated heterocycles. The van der Waals surface area contributed by atoms with Gasteiger partial charge < -0.3 is 10.1 Å². The molecule has 6 nitrogen and oxygen atoms in total. The molecule has 0 heterocycles. The van der Waals surface area contributed by atoms with Crippen LogP contribution in [-0.2, 0) is 14.8 Å². The molecule has 0 aromatic heterocycles. The van der Waals surface area contributed by atoms with Crippen LogP contribution < -0.4 is 14.4 Å². The van der Waals surface area contributed by atoms with Gasteiger partial charge in [0.25, 0.3) is 10.0 Å². The summed E-state index contributed by atoms with van der Waals surface area (Å²) in [6.07, 6.45) is 0.618. The molecule has 1 amide bonds. The molecule has 0 aliphatic rings. The van der Waals surface area contributed by atoms with Crippen molar-refractivity contribution in [3.8, 4) is 5.75 Å². The lowest BCUT2D eigenvalue weighted by atomic mass is 10.0. The Morgan fingerprint density at radius 3 is 2.15 bits per heavy atom. The maximum atomic E-state index is 13.4. The molecule has 0 saturated carbocycles. The van der Waals surface area contributed by atoms with Gasteiger partial charge in [-0.1, -0.05) is 36.8 Å². The highest BCUT2D eigenvalue weighted by molar-refractivity contribution is 7.92. The Morgan fingerprint density at radius 2 is 1.61 bits per heavy atom. The lowest BCUT2D eigenvalue weighted by Crippen LogP contribution is -2.42. The summed E-state index contributed by atoms with van der Waals surface area (Å²) in [6, 6.07) is 18.4. The fourth-order valence-electron chi connectivity index (χ4n) is 3.39. The predicted octanol–water partition coefficient (Wildman–Crippen LogP) is 4.61. The van der Waals surface area contributed by atoms with E-state index in [0.29, 0.717) is 17.9 Å². The van der Waals surface area contributed by atoms with Gasteiger partial charge in [-0.3, -0.25) is 9.10 Å². The number of nitrogens with zero attached hydrogens (tertiary/aromatic N) is 1. The van der Waals surface area contributed by atoms with Gasteiger partial charge in [-0.2, -0.15) is 0 Å². The zero-order valence-corrected chi connectivity index (χ0v) is 19.6. The third-order valence-electron chi connectivity index (χ3n) is 5.27. The lowest BCUT2D eigenvalue weighted by molar-refractivity contribution is -0.120. The van der Waals surface area contributed by atoms with Gasteiger partial charge in [0.1, 0.15) is 18.1 Å². The standard InChI is InChI=1S/C25H27FN2O4S/c1-4-24(19-7-13-22(32-3)14-8-19)27-25(29)17-28(21-11-5-18(2)6-12-21)33(30,31)23-15-9-20(26)10-16-23/h5-16,24H,4,17H2,1-3H3,(H,27,29). The zero-order chi connectivity index (χ0) is 24.0. The Hall–Kier alpha value is -3.39. The van der Waals surface area contributed by atoms with Crippen LogP contribution in [0.3, 0.4) is 0 Å². The van der Waals surface area contributed by atoms with Crippen LogP contribution in [0.15, 0.2) is 77.7 Å². The van der Waals surface area contributed by atoms with Gasteiger partial charge in [-0.05, 0) is 67.4 Å². The molecule has 174 valence electrons. The Labute approximate surface area is 194 Å². The zero-order valence-electron chi connectivity index (χ0n) is 18.8. The molecule has 3 aromatic rings. The number of nitrogens with one attached hydrogen (secondary N) is 1. The summed E-state index contributed by atoms with van der Waals surface area (Å²) in [6.45, 7) is 3.40. The SMILES string of the molecule is CCC(NC(=O)CN(c1ccc(C)cc1)S(=O)(=O)c1ccc(F)cc1)c1ccc(OC)cc1. The third-order valence-corrected chi connectivity index (χ3v) is 7.06. The topological polar surface area (TPSA) is 75.7 Å². The van der Waals surface area contributed by atoms with E-state index in [-0.39, 0.29) is 10.9 Å². The first-order chi connectivity index (χ1) is 15.7. The van der Waals surface area contributed by atoms with E-state index in [2.05, 4.69) is 5.32 Å². The van der Waals surface area contributed by atoms with E-state index in [0.717, 1.165) is 27.6 Å². The average molecular weight is 471 g/mol. The Balaban J connectivity index is 1.88. The van der Waals surface area contributed by atoms with Crippen LogP contribution in [0.1, 0.15) is 30.5 Å². The summed E-state index contributed by atoms with van der Waals surface area (Å²) in [4.78, 5) is 12.9. The number of methoxy groups -OCH3 is 1. The van der Waals surface area contributed by atoms with Crippen molar-refractivity contribution in [1.29, 1.82) is 0 Å². The molecular weight excluding hydrogens is 443 g/mol. The summed E-state index contributed by atoms with van der Waals surface area (Å²) in [7, 11) is -2.53. The van der Waals surface area contributed by atoms with Crippen LogP contribution >= 0.6 is 0 Å². The van der Waals surface area contributed by atoms with Gasteiger partial charge in [-0.25, -0.2) is 12.8 Å². The van der Waals surface area contributed by atoms with Crippen molar-refractivity contribution in [3.63, 3.8) is 0 Å². The van der Waals surface area contributed by atoms with Crippen LogP contribution in [0.2, 0.25) is 0 Å². The monoisotopic (exact) mass is 470 g/mol. The molecule has 0 radical (unpaired) electrons. The minimum atomic E-state index is -4.11. The van der Waals surface area contributed by atoms with Crippen molar-refractivity contribution in [1.82, 2.24) is 5.32 Å². The largest absolute Gasteiger partial charge is 0.497 e. The molecule has 33 heavy (non-hydrogen) atoms. The first kappa shape index (κ1) is 24.3. The molecule has 3 rings (SSSR count). The molecule has 0 aliphatic carbocycles. The number of aryl methyl sites for hydroxylation is 1. The fourth-order valence-corrected chi connectivity index (χ4v) is 4.81. The fraction of sp³-hybridized carbons (Fsp3) is 0.240. The minimum absolute atomic E-state index is 0.0977. The summed E-state index contributed by atoms with van der Waals surface area (Å²) < 4.78 is 46.3. The molecule has 8 heteroatoms. The second-order valence-electron chi connectivity index (χ2n) is 7.60. The summed E-state index contributed by atoms with van der Waals surface area (Å²) in [5, 5.41) is 2.92. The van der Waals surface area contributed by atoms with E-state index in [9.17, 15) is 17.6 Å². The quantitative estimate of drug-likeness (QED) is 0.496. The molecule has 1 atom stereocenters. The van der Waals surface area contributed by atoms with Crippen molar-refractivity contribution < 1.29 is 22.3 Å². The van der Waals surface area contributed by atoms with E-state index < -0.39 is 28.3 Å². The third kappa shape index (κ3) is 5.90. The van der Waals surface area contributed by atoms with Crippen LogP contribution in [0.4, 0.5) is 10.1 Å². The number of ether oxygens (including phenoxy) is 1. The van der Waals surface area contributed by atoms with Crippen molar-refractivity contribution in [2.45, 2.75) is 31.2 Å². The number of rotatable bonds is 9. The summed E-state index contributed by atoms with van der Waals surface area (Å²) in [5.41, 5.74) is 2.18. The maximum absolute atomic E-state index is 13.4. The van der Waals surface area contributed by atoms with Gasteiger partial charge >= 0.3 is 0 Å². The highest BCUT2D eigenvalue weighted by Crippen LogP contribution is 2.25. The predicted molar refractivity (Wildman–Crippen MR) is 126 cm³/mol. The second kappa shape index (κ2) is 10.5. The number of carbonyl (C=O) groups is 1. The molecule has 1 N–H and O–H groups in total. The van der Waals surface area contributed by atoms with Gasteiger partial charge in [0.15, 0.2) is 0 Å².